The van der Waals surface area contributed by atoms with Crippen LogP contribution in [0.4, 0.5) is 13.2 Å². The van der Waals surface area contributed by atoms with E-state index in [-0.39, 0.29) is 25.6 Å². The van der Waals surface area contributed by atoms with Crippen LogP contribution in [-0.4, -0.2) is 66.2 Å². The van der Waals surface area contributed by atoms with Crippen LogP contribution >= 0.6 is 0 Å². The van der Waals surface area contributed by atoms with Crippen molar-refractivity contribution < 1.29 is 22.0 Å². The van der Waals surface area contributed by atoms with E-state index in [9.17, 15) is 13.2 Å². The maximum Gasteiger partial charge on any atom is 0.269 e. The molecular formula is C28H53F3O2Si6. The molecule has 0 bridgehead atoms. The fraction of sp³-hybridized carbons (Fsp3) is 0.786. The quantitative estimate of drug-likeness (QED) is 0.208. The van der Waals surface area contributed by atoms with Crippen molar-refractivity contribution in [3.8, 4) is 0 Å². The molecule has 2 aliphatic heterocycles. The Morgan fingerprint density at radius 3 is 2.23 bits per heavy atom. The topological polar surface area (TPSA) is 18.5 Å². The fourth-order valence-corrected chi connectivity index (χ4v) is 53.1. The molecule has 39 heavy (non-hydrogen) atoms. The van der Waals surface area contributed by atoms with Crippen molar-refractivity contribution in [1.29, 1.82) is 0 Å². The molecule has 1 aromatic rings. The lowest BCUT2D eigenvalue weighted by Gasteiger charge is -2.59. The van der Waals surface area contributed by atoms with E-state index in [4.69, 9.17) is 8.85 Å². The standard InChI is InChI=1S/C16H26OSi3.C12H27F3OSi3/c1-5-6-7-9-14-10-8-11-15(12-14)16(2)13-19(3)18-20(4)17-16;1-12(2)9-17(3,4)18(5,6)19(7,16-12)8-10(13)11(14)15/h8,10-12H,5-7,9,13H2,1-4H3;10-11H,8-9H2,1-7H3. The summed E-state index contributed by atoms with van der Waals surface area (Å²) < 4.78 is 51.6. The van der Waals surface area contributed by atoms with Gasteiger partial charge >= 0.3 is 0 Å². The molecule has 3 rings (SSSR count). The monoisotopic (exact) mass is 646 g/mol. The van der Waals surface area contributed by atoms with E-state index in [0.717, 1.165) is 14.6 Å². The molecule has 0 aliphatic carbocycles. The zero-order chi connectivity index (χ0) is 29.9. The number of rotatable bonds is 8. The molecule has 3 atom stereocenters. The lowest BCUT2D eigenvalue weighted by molar-refractivity contribution is 0.0525. The van der Waals surface area contributed by atoms with Crippen LogP contribution in [0, 0.1) is 0 Å². The number of hydrogen-bond donors (Lipinski definition) is 0. The highest BCUT2D eigenvalue weighted by atomic mass is 29.6. The first kappa shape index (κ1) is 35.4. The van der Waals surface area contributed by atoms with Crippen molar-refractivity contribution in [3.63, 3.8) is 0 Å². The molecule has 4 radical (unpaired) electrons. The molecule has 2 fully saturated rings. The van der Waals surface area contributed by atoms with Gasteiger partial charge in [-0.05, 0) is 69.9 Å². The molecule has 2 nitrogen and oxygen atoms in total. The van der Waals surface area contributed by atoms with Crippen LogP contribution in [0.1, 0.15) is 58.1 Å². The second-order valence-electron chi connectivity index (χ2n) is 14.0. The minimum atomic E-state index is -2.88. The smallest absolute Gasteiger partial charge is 0.269 e. The molecular weight excluding hydrogens is 594 g/mol. The van der Waals surface area contributed by atoms with Crippen LogP contribution in [-0.2, 0) is 20.9 Å². The SMILES string of the molecule is CC1(C)C[Si](C)(C)[Si](C)(C)[Si](C)(CC(F)C(F)F)O1.CCCCCc1cccc(C2(C)C[Si](C)[Si][Si](C)O2)c1. The highest BCUT2D eigenvalue weighted by molar-refractivity contribution is 7.67. The van der Waals surface area contributed by atoms with E-state index >= 15 is 0 Å². The second kappa shape index (κ2) is 13.7. The lowest BCUT2D eigenvalue weighted by Crippen LogP contribution is -2.79. The Balaban J connectivity index is 0.000000274. The van der Waals surface area contributed by atoms with Crippen LogP contribution < -0.4 is 0 Å². The number of unbranched alkanes of at least 4 members (excludes halogenated alkanes) is 2. The summed E-state index contributed by atoms with van der Waals surface area (Å²) in [7, 11) is -5.32. The van der Waals surface area contributed by atoms with Gasteiger partial charge in [0, 0.05) is 27.6 Å². The molecule has 0 aromatic heterocycles. The van der Waals surface area contributed by atoms with Gasteiger partial charge in [-0.2, -0.15) is 0 Å². The van der Waals surface area contributed by atoms with E-state index < -0.39 is 43.7 Å². The van der Waals surface area contributed by atoms with Gasteiger partial charge < -0.3 is 8.85 Å². The summed E-state index contributed by atoms with van der Waals surface area (Å²) in [4.78, 5) is 0. The maximum absolute atomic E-state index is 13.6. The Kier molecular flexibility index (Phi) is 12.4. The van der Waals surface area contributed by atoms with Gasteiger partial charge in [0.25, 0.3) is 6.43 Å². The molecule has 2 saturated heterocycles. The Hall–Kier alpha value is 0.231. The van der Waals surface area contributed by atoms with Gasteiger partial charge in [-0.3, -0.25) is 0 Å². The first-order chi connectivity index (χ1) is 17.8. The summed E-state index contributed by atoms with van der Waals surface area (Å²) in [5, 5.41) is 0. The van der Waals surface area contributed by atoms with Gasteiger partial charge in [-0.1, -0.05) is 76.8 Å². The molecule has 0 spiro atoms. The molecule has 0 N–H and O–H groups in total. The van der Waals surface area contributed by atoms with E-state index in [2.05, 4.69) is 77.4 Å². The first-order valence-electron chi connectivity index (χ1n) is 14.6. The summed E-state index contributed by atoms with van der Waals surface area (Å²) in [6.07, 6.45) is 0.251. The van der Waals surface area contributed by atoms with Gasteiger partial charge in [0.2, 0.25) is 0 Å². The zero-order valence-electron chi connectivity index (χ0n) is 26.4. The summed E-state index contributed by atoms with van der Waals surface area (Å²) in [6.45, 7) is 24.7. The van der Waals surface area contributed by atoms with Gasteiger partial charge in [0.15, 0.2) is 22.6 Å². The predicted octanol–water partition coefficient (Wildman–Crippen LogP) is 8.66. The Morgan fingerprint density at radius 1 is 1.03 bits per heavy atom. The van der Waals surface area contributed by atoms with E-state index in [1.54, 1.807) is 0 Å². The van der Waals surface area contributed by atoms with E-state index in [1.807, 2.05) is 20.4 Å². The lowest BCUT2D eigenvalue weighted by atomic mass is 9.95. The normalized spacial score (nSPS) is 29.5. The Labute approximate surface area is 245 Å². The molecule has 11 heteroatoms. The summed E-state index contributed by atoms with van der Waals surface area (Å²) >= 11 is 0. The van der Waals surface area contributed by atoms with Crippen molar-refractivity contribution >= 4 is 48.0 Å². The van der Waals surface area contributed by atoms with Crippen molar-refractivity contribution in [3.05, 3.63) is 35.4 Å². The maximum atomic E-state index is 13.6. The molecule has 222 valence electrons. The highest BCUT2D eigenvalue weighted by Gasteiger charge is 2.63. The summed E-state index contributed by atoms with van der Waals surface area (Å²) in [5.41, 5.74) is 2.63. The molecule has 0 saturated carbocycles. The number of hydrogen-bond acceptors (Lipinski definition) is 2. The number of benzene rings is 1. The Bertz CT molecular complexity index is 922. The largest absolute Gasteiger partial charge is 0.415 e. The van der Waals surface area contributed by atoms with Crippen LogP contribution in [0.15, 0.2) is 24.3 Å². The third-order valence-electron chi connectivity index (χ3n) is 9.22. The third kappa shape index (κ3) is 9.11. The van der Waals surface area contributed by atoms with Crippen molar-refractivity contribution in [1.82, 2.24) is 0 Å². The average Bonchev–Trinajstić information content (AvgIpc) is 2.77. The first-order valence-corrected chi connectivity index (χ1v) is 32.6. The van der Waals surface area contributed by atoms with Crippen molar-refractivity contribution in [2.75, 3.05) is 0 Å². The van der Waals surface area contributed by atoms with Gasteiger partial charge in [0.1, 0.15) is 0 Å². The molecule has 2 heterocycles. The van der Waals surface area contributed by atoms with Crippen LogP contribution in [0.25, 0.3) is 0 Å². The second-order valence-corrected chi connectivity index (χ2v) is 51.8. The summed E-state index contributed by atoms with van der Waals surface area (Å²) in [5.74, 6) is 0. The number of halogens is 3. The number of alkyl halides is 3. The van der Waals surface area contributed by atoms with Gasteiger partial charge in [0.05, 0.1) is 21.3 Å². The Morgan fingerprint density at radius 2 is 1.67 bits per heavy atom. The minimum Gasteiger partial charge on any atom is -0.415 e. The van der Waals surface area contributed by atoms with Crippen molar-refractivity contribution in [2.24, 2.45) is 0 Å². The number of aryl methyl sites for hydroxylation is 1. The highest BCUT2D eigenvalue weighted by Crippen LogP contribution is 2.46. The summed E-state index contributed by atoms with van der Waals surface area (Å²) in [6, 6.07) is 11.5. The van der Waals surface area contributed by atoms with E-state index in [0.29, 0.717) is 0 Å². The predicted molar refractivity (Wildman–Crippen MR) is 174 cm³/mol. The van der Waals surface area contributed by atoms with Crippen LogP contribution in [0.2, 0.25) is 64.0 Å². The zero-order valence-corrected chi connectivity index (χ0v) is 32.4. The van der Waals surface area contributed by atoms with E-state index in [1.165, 1.54) is 42.9 Å². The average molecular weight is 647 g/mol. The molecule has 2 aliphatic rings. The van der Waals surface area contributed by atoms with Crippen LogP contribution in [0.3, 0.4) is 0 Å². The minimum absolute atomic E-state index is 0.00188. The van der Waals surface area contributed by atoms with Crippen molar-refractivity contribution in [2.45, 2.75) is 141 Å². The fourth-order valence-electron chi connectivity index (χ4n) is 6.58. The van der Waals surface area contributed by atoms with Crippen LogP contribution in [0.5, 0.6) is 0 Å². The molecule has 0 amide bonds. The van der Waals surface area contributed by atoms with Gasteiger partial charge in [-0.15, -0.1) is 0 Å². The molecule has 1 aromatic carbocycles. The third-order valence-corrected chi connectivity index (χ3v) is 62.5. The molecule has 3 unspecified atom stereocenters. The van der Waals surface area contributed by atoms with Gasteiger partial charge in [-0.25, -0.2) is 13.2 Å².